The van der Waals surface area contributed by atoms with E-state index in [1.807, 2.05) is 11.8 Å². The SMILES string of the molecule is CCCNC(CCO)CSCCN(CC)CC. The average molecular weight is 262 g/mol. The number of thioether (sulfide) groups is 1. The van der Waals surface area contributed by atoms with E-state index in [9.17, 15) is 0 Å². The summed E-state index contributed by atoms with van der Waals surface area (Å²) < 4.78 is 0. The Morgan fingerprint density at radius 1 is 1.24 bits per heavy atom. The maximum absolute atomic E-state index is 9.00. The summed E-state index contributed by atoms with van der Waals surface area (Å²) >= 11 is 2.00. The molecule has 0 spiro atoms. The van der Waals surface area contributed by atoms with Crippen molar-refractivity contribution < 1.29 is 5.11 Å². The fourth-order valence-corrected chi connectivity index (χ4v) is 2.83. The average Bonchev–Trinajstić information content (AvgIpc) is 2.36. The number of aliphatic hydroxyl groups excluding tert-OH is 1. The molecule has 3 nitrogen and oxygen atoms in total. The van der Waals surface area contributed by atoms with E-state index in [2.05, 4.69) is 31.0 Å². The van der Waals surface area contributed by atoms with Crippen LogP contribution in [-0.2, 0) is 0 Å². The third kappa shape index (κ3) is 9.89. The van der Waals surface area contributed by atoms with Crippen molar-refractivity contribution in [2.45, 2.75) is 39.7 Å². The van der Waals surface area contributed by atoms with E-state index in [1.54, 1.807) is 0 Å². The molecule has 0 rings (SSSR count). The van der Waals surface area contributed by atoms with Crippen LogP contribution in [0.15, 0.2) is 0 Å². The largest absolute Gasteiger partial charge is 0.396 e. The van der Waals surface area contributed by atoms with Gasteiger partial charge in [0, 0.05) is 30.7 Å². The van der Waals surface area contributed by atoms with Crippen molar-refractivity contribution in [1.82, 2.24) is 10.2 Å². The lowest BCUT2D eigenvalue weighted by Gasteiger charge is -2.20. The Morgan fingerprint density at radius 3 is 2.47 bits per heavy atom. The summed E-state index contributed by atoms with van der Waals surface area (Å²) in [7, 11) is 0. The van der Waals surface area contributed by atoms with Crippen molar-refractivity contribution in [3.63, 3.8) is 0 Å². The number of nitrogens with zero attached hydrogens (tertiary/aromatic N) is 1. The fourth-order valence-electron chi connectivity index (χ4n) is 1.71. The van der Waals surface area contributed by atoms with Gasteiger partial charge in [0.25, 0.3) is 0 Å². The van der Waals surface area contributed by atoms with Gasteiger partial charge in [-0.3, -0.25) is 0 Å². The fraction of sp³-hybridized carbons (Fsp3) is 1.00. The monoisotopic (exact) mass is 262 g/mol. The number of hydrogen-bond acceptors (Lipinski definition) is 4. The van der Waals surface area contributed by atoms with E-state index in [0.29, 0.717) is 6.04 Å². The van der Waals surface area contributed by atoms with Crippen LogP contribution in [0, 0.1) is 0 Å². The minimum Gasteiger partial charge on any atom is -0.396 e. The third-order valence-corrected chi connectivity index (χ3v) is 4.04. The van der Waals surface area contributed by atoms with Gasteiger partial charge in [0.2, 0.25) is 0 Å². The highest BCUT2D eigenvalue weighted by Crippen LogP contribution is 2.06. The van der Waals surface area contributed by atoms with Crippen molar-refractivity contribution in [3.05, 3.63) is 0 Å². The quantitative estimate of drug-likeness (QED) is 0.526. The van der Waals surface area contributed by atoms with Crippen molar-refractivity contribution >= 4 is 11.8 Å². The summed E-state index contributed by atoms with van der Waals surface area (Å²) in [5.41, 5.74) is 0. The maximum atomic E-state index is 9.00. The van der Waals surface area contributed by atoms with Gasteiger partial charge in [-0.05, 0) is 32.5 Å². The number of hydrogen-bond donors (Lipinski definition) is 2. The Morgan fingerprint density at radius 2 is 1.94 bits per heavy atom. The van der Waals surface area contributed by atoms with Crippen LogP contribution in [0.1, 0.15) is 33.6 Å². The molecule has 0 aliphatic rings. The summed E-state index contributed by atoms with van der Waals surface area (Å²) in [5.74, 6) is 2.30. The van der Waals surface area contributed by atoms with Gasteiger partial charge in [0.15, 0.2) is 0 Å². The first-order valence-corrected chi connectivity index (χ1v) is 8.08. The molecule has 0 saturated carbocycles. The van der Waals surface area contributed by atoms with Crippen molar-refractivity contribution in [2.75, 3.05) is 44.3 Å². The predicted molar refractivity (Wildman–Crippen MR) is 78.9 cm³/mol. The molecule has 0 aromatic rings. The smallest absolute Gasteiger partial charge is 0.0446 e. The van der Waals surface area contributed by atoms with Crippen LogP contribution in [-0.4, -0.2) is 60.3 Å². The van der Waals surface area contributed by atoms with Gasteiger partial charge in [-0.25, -0.2) is 0 Å². The molecule has 1 atom stereocenters. The molecule has 0 aromatic carbocycles. The molecule has 0 amide bonds. The minimum atomic E-state index is 0.290. The van der Waals surface area contributed by atoms with E-state index < -0.39 is 0 Å². The molecule has 104 valence electrons. The first-order valence-electron chi connectivity index (χ1n) is 6.92. The molecule has 0 aliphatic heterocycles. The normalized spacial score (nSPS) is 13.2. The zero-order valence-corrected chi connectivity index (χ0v) is 12.6. The Balaban J connectivity index is 3.58. The molecule has 2 N–H and O–H groups in total. The second kappa shape index (κ2) is 12.7. The van der Waals surface area contributed by atoms with Crippen LogP contribution in [0.5, 0.6) is 0 Å². The number of aliphatic hydroxyl groups is 1. The van der Waals surface area contributed by atoms with Crippen LogP contribution in [0.4, 0.5) is 0 Å². The summed E-state index contributed by atoms with van der Waals surface area (Å²) in [4.78, 5) is 2.45. The van der Waals surface area contributed by atoms with Crippen LogP contribution in [0.3, 0.4) is 0 Å². The van der Waals surface area contributed by atoms with Crippen molar-refractivity contribution in [3.8, 4) is 0 Å². The minimum absolute atomic E-state index is 0.290. The van der Waals surface area contributed by atoms with Crippen LogP contribution >= 0.6 is 11.8 Å². The molecule has 0 aliphatic carbocycles. The number of nitrogens with one attached hydrogen (secondary N) is 1. The van der Waals surface area contributed by atoms with Gasteiger partial charge in [-0.1, -0.05) is 20.8 Å². The standard InChI is InChI=1S/C13H30N2OS/c1-4-8-14-13(7-10-16)12-17-11-9-15(5-2)6-3/h13-14,16H,4-12H2,1-3H3. The molecule has 0 heterocycles. The Kier molecular flexibility index (Phi) is 12.9. The highest BCUT2D eigenvalue weighted by Gasteiger charge is 2.07. The predicted octanol–water partition coefficient (Wildman–Crippen LogP) is 1.81. The second-order valence-electron chi connectivity index (χ2n) is 4.27. The molecule has 0 saturated heterocycles. The van der Waals surface area contributed by atoms with Crippen LogP contribution in [0.25, 0.3) is 0 Å². The zero-order valence-electron chi connectivity index (χ0n) is 11.7. The molecule has 0 bridgehead atoms. The molecule has 0 fully saturated rings. The van der Waals surface area contributed by atoms with E-state index in [4.69, 9.17) is 5.11 Å². The molecule has 4 heteroatoms. The van der Waals surface area contributed by atoms with Gasteiger partial charge in [0.1, 0.15) is 0 Å². The molecule has 0 radical (unpaired) electrons. The van der Waals surface area contributed by atoms with Crippen LogP contribution < -0.4 is 5.32 Å². The summed E-state index contributed by atoms with van der Waals surface area (Å²) in [6, 6.07) is 0.474. The topological polar surface area (TPSA) is 35.5 Å². The van der Waals surface area contributed by atoms with Gasteiger partial charge in [0.05, 0.1) is 0 Å². The molecule has 1 unspecified atom stereocenters. The first kappa shape index (κ1) is 17.2. The van der Waals surface area contributed by atoms with E-state index in [-0.39, 0.29) is 6.61 Å². The van der Waals surface area contributed by atoms with Crippen molar-refractivity contribution in [1.29, 1.82) is 0 Å². The zero-order chi connectivity index (χ0) is 12.9. The molecular weight excluding hydrogens is 232 g/mol. The van der Waals surface area contributed by atoms with E-state index >= 15 is 0 Å². The summed E-state index contributed by atoms with van der Waals surface area (Å²) in [6.07, 6.45) is 2.03. The third-order valence-electron chi connectivity index (χ3n) is 2.93. The lowest BCUT2D eigenvalue weighted by atomic mass is 10.2. The molecular formula is C13H30N2OS. The Hall–Kier alpha value is 0.230. The Labute approximate surface area is 111 Å². The van der Waals surface area contributed by atoms with Gasteiger partial charge >= 0.3 is 0 Å². The number of rotatable bonds is 12. The lowest BCUT2D eigenvalue weighted by Crippen LogP contribution is -2.33. The Bertz CT molecular complexity index is 154. The summed E-state index contributed by atoms with van der Waals surface area (Å²) in [6.45, 7) is 11.4. The lowest BCUT2D eigenvalue weighted by molar-refractivity contribution is 0.270. The first-order chi connectivity index (χ1) is 8.28. The molecule has 17 heavy (non-hydrogen) atoms. The maximum Gasteiger partial charge on any atom is 0.0446 e. The van der Waals surface area contributed by atoms with Gasteiger partial charge < -0.3 is 15.3 Å². The van der Waals surface area contributed by atoms with Crippen molar-refractivity contribution in [2.24, 2.45) is 0 Å². The summed E-state index contributed by atoms with van der Waals surface area (Å²) in [5, 5.41) is 12.5. The van der Waals surface area contributed by atoms with Gasteiger partial charge in [-0.15, -0.1) is 0 Å². The van der Waals surface area contributed by atoms with Crippen LogP contribution in [0.2, 0.25) is 0 Å². The van der Waals surface area contributed by atoms with E-state index in [1.165, 1.54) is 12.3 Å². The second-order valence-corrected chi connectivity index (χ2v) is 5.41. The highest BCUT2D eigenvalue weighted by atomic mass is 32.2. The highest BCUT2D eigenvalue weighted by molar-refractivity contribution is 7.99. The molecule has 0 aromatic heterocycles. The van der Waals surface area contributed by atoms with Gasteiger partial charge in [-0.2, -0.15) is 11.8 Å². The van der Waals surface area contributed by atoms with E-state index in [0.717, 1.165) is 38.2 Å².